The molecule has 6 aliphatic rings. The van der Waals surface area contributed by atoms with E-state index in [1.54, 1.807) is 12.2 Å². The predicted octanol–water partition coefficient (Wildman–Crippen LogP) is 5.31. The van der Waals surface area contributed by atoms with Gasteiger partial charge >= 0.3 is 5.97 Å². The number of epoxide rings is 1. The largest absolute Gasteiger partial charge is 0.458 e. The second-order valence-corrected chi connectivity index (χ2v) is 18.4. The van der Waals surface area contributed by atoms with E-state index in [0.29, 0.717) is 29.9 Å². The number of hydrogen-bond donors (Lipinski definition) is 1. The van der Waals surface area contributed by atoms with Crippen LogP contribution >= 0.6 is 0 Å². The van der Waals surface area contributed by atoms with Gasteiger partial charge in [-0.15, -0.1) is 6.58 Å². The predicted molar refractivity (Wildman–Crippen MR) is 151 cm³/mol. The first-order chi connectivity index (χ1) is 18.3. The molecule has 7 heteroatoms. The first kappa shape index (κ1) is 27.6. The average molecular weight is 555 g/mol. The van der Waals surface area contributed by atoms with Gasteiger partial charge < -0.3 is 19.0 Å². The van der Waals surface area contributed by atoms with Crippen LogP contribution in [0, 0.1) is 40.4 Å². The topological polar surface area (TPSA) is 85.4 Å². The summed E-state index contributed by atoms with van der Waals surface area (Å²) in [5.41, 5.74) is 2.43. The minimum atomic E-state index is -1.98. The van der Waals surface area contributed by atoms with Gasteiger partial charge in [0.05, 0.1) is 23.7 Å². The van der Waals surface area contributed by atoms with Crippen molar-refractivity contribution in [3.63, 3.8) is 0 Å². The van der Waals surface area contributed by atoms with E-state index < -0.39 is 25.4 Å². The third-order valence-corrected chi connectivity index (χ3v) is 14.4. The van der Waals surface area contributed by atoms with Gasteiger partial charge in [0.15, 0.2) is 5.78 Å². The van der Waals surface area contributed by atoms with Crippen molar-refractivity contribution in [2.45, 2.75) is 103 Å². The number of carbonyl (C=O) groups excluding carboxylic acids is 2. The van der Waals surface area contributed by atoms with E-state index in [1.807, 2.05) is 5.70 Å². The van der Waals surface area contributed by atoms with Crippen molar-refractivity contribution in [1.29, 1.82) is 0 Å². The van der Waals surface area contributed by atoms with E-state index in [0.717, 1.165) is 44.1 Å². The number of aliphatic hydroxyl groups excluding tert-OH is 1. The summed E-state index contributed by atoms with van der Waals surface area (Å²) in [6, 6.07) is 0. The van der Waals surface area contributed by atoms with Crippen LogP contribution in [0.5, 0.6) is 0 Å². The molecule has 1 saturated heterocycles. The minimum Gasteiger partial charge on any atom is -0.458 e. The number of carbonyl (C=O) groups is 2. The molecule has 0 radical (unpaired) electrons. The maximum Gasteiger partial charge on any atom is 0.336 e. The Morgan fingerprint density at radius 1 is 1.23 bits per heavy atom. The van der Waals surface area contributed by atoms with Gasteiger partial charge in [0, 0.05) is 6.42 Å². The van der Waals surface area contributed by atoms with Crippen molar-refractivity contribution in [2.75, 3.05) is 6.61 Å². The zero-order valence-corrected chi connectivity index (χ0v) is 25.5. The maximum atomic E-state index is 13.4. The summed E-state index contributed by atoms with van der Waals surface area (Å²) < 4.78 is 18.5. The first-order valence-electron chi connectivity index (χ1n) is 15.1. The Bertz CT molecular complexity index is 1160. The number of aliphatic hydroxyl groups is 1. The fourth-order valence-electron chi connectivity index (χ4n) is 9.99. The molecule has 6 nitrogen and oxygen atoms in total. The number of rotatable bonds is 6. The zero-order valence-electron chi connectivity index (χ0n) is 24.5. The van der Waals surface area contributed by atoms with Gasteiger partial charge in [0.1, 0.15) is 17.8 Å². The SMILES string of the molecule is C=C[Si](C)(C)OCC1=C(C)C[C@H]([C@@H](C)[C@H]2CC[C@H]3[C@@H]4C[C@H]5O[C@]56[C@@H](O)C=CC(=O)[C@]6(C)[C@H]4CC[C@]23C)OC1=O. The van der Waals surface area contributed by atoms with Gasteiger partial charge in [-0.05, 0) is 106 Å². The van der Waals surface area contributed by atoms with Crippen LogP contribution in [-0.2, 0) is 23.5 Å². The monoisotopic (exact) mass is 554 g/mol. The summed E-state index contributed by atoms with van der Waals surface area (Å²) in [5, 5.41) is 10.9. The van der Waals surface area contributed by atoms with Crippen LogP contribution < -0.4 is 0 Å². The molecular weight excluding hydrogens is 508 g/mol. The molecule has 2 aliphatic heterocycles. The molecule has 39 heavy (non-hydrogen) atoms. The van der Waals surface area contributed by atoms with Crippen molar-refractivity contribution >= 4 is 20.1 Å². The van der Waals surface area contributed by atoms with E-state index in [9.17, 15) is 14.7 Å². The molecule has 11 atom stereocenters. The lowest BCUT2D eigenvalue weighted by Gasteiger charge is -2.58. The van der Waals surface area contributed by atoms with Gasteiger partial charge in [-0.2, -0.15) is 0 Å². The molecule has 4 fully saturated rings. The summed E-state index contributed by atoms with van der Waals surface area (Å²) in [4.78, 5) is 26.5. The lowest BCUT2D eigenvalue weighted by Crippen LogP contribution is -2.63. The van der Waals surface area contributed by atoms with Gasteiger partial charge in [-0.3, -0.25) is 4.79 Å². The van der Waals surface area contributed by atoms with E-state index in [2.05, 4.69) is 47.4 Å². The van der Waals surface area contributed by atoms with Gasteiger partial charge in [-0.1, -0.05) is 25.1 Å². The number of fused-ring (bicyclic) bond motifs is 4. The molecule has 4 aliphatic carbocycles. The Hall–Kier alpha value is -1.54. The molecule has 214 valence electrons. The molecule has 0 amide bonds. The van der Waals surface area contributed by atoms with Gasteiger partial charge in [0.25, 0.3) is 0 Å². The zero-order chi connectivity index (χ0) is 28.1. The highest BCUT2D eigenvalue weighted by Crippen LogP contribution is 2.73. The smallest absolute Gasteiger partial charge is 0.336 e. The minimum absolute atomic E-state index is 0.0340. The standard InChI is InChI=1S/C32H46O6Si/c1-8-39(6,7)36-17-21-18(2)15-25(37-29(21)35)19(3)22-9-10-23-20-16-28-32(38-28)27(34)12-11-26(33)31(32,5)24(20)13-14-30(22,23)4/h8,11-12,19-20,22-25,27-28,34H,1,9-10,13-17H2,2-7H3/t19-,20-,22+,23-,24-,25+,27-,28+,30+,31-,32+/m0/s1. The van der Waals surface area contributed by atoms with Crippen molar-refractivity contribution in [2.24, 2.45) is 40.4 Å². The van der Waals surface area contributed by atoms with Crippen LogP contribution in [0.1, 0.15) is 66.2 Å². The molecule has 0 aromatic carbocycles. The van der Waals surface area contributed by atoms with Crippen molar-refractivity contribution < 1.29 is 28.6 Å². The van der Waals surface area contributed by atoms with Crippen LogP contribution in [0.15, 0.2) is 35.6 Å². The van der Waals surface area contributed by atoms with Gasteiger partial charge in [0.2, 0.25) is 8.32 Å². The lowest BCUT2D eigenvalue weighted by molar-refractivity contribution is -0.155. The number of hydrogen-bond acceptors (Lipinski definition) is 6. The van der Waals surface area contributed by atoms with Crippen LogP contribution in [0.4, 0.5) is 0 Å². The second-order valence-electron chi connectivity index (χ2n) is 14.5. The number of allylic oxidation sites excluding steroid dienone is 1. The van der Waals surface area contributed by atoms with E-state index in [-0.39, 0.29) is 41.2 Å². The molecule has 1 N–H and O–H groups in total. The number of esters is 1. The molecule has 0 unspecified atom stereocenters. The quantitative estimate of drug-likeness (QED) is 0.272. The van der Waals surface area contributed by atoms with Crippen LogP contribution in [0.3, 0.4) is 0 Å². The second kappa shape index (κ2) is 8.98. The molecule has 3 saturated carbocycles. The first-order valence-corrected chi connectivity index (χ1v) is 18.0. The Morgan fingerprint density at radius 3 is 2.67 bits per heavy atom. The molecule has 2 heterocycles. The fraction of sp³-hybridized carbons (Fsp3) is 0.750. The summed E-state index contributed by atoms with van der Waals surface area (Å²) >= 11 is 0. The highest BCUT2D eigenvalue weighted by Gasteiger charge is 2.80. The Kier molecular flexibility index (Phi) is 6.36. The summed E-state index contributed by atoms with van der Waals surface area (Å²) in [6.07, 6.45) is 8.42. The third kappa shape index (κ3) is 3.75. The normalized spacial score (nSPS) is 47.5. The Labute approximate surface area is 234 Å². The Balaban J connectivity index is 1.20. The maximum absolute atomic E-state index is 13.4. The number of cyclic esters (lactones) is 1. The Morgan fingerprint density at radius 2 is 1.97 bits per heavy atom. The molecule has 0 aromatic rings. The van der Waals surface area contributed by atoms with Crippen molar-refractivity contribution in [3.05, 3.63) is 35.6 Å². The number of ketones is 1. The van der Waals surface area contributed by atoms with Crippen molar-refractivity contribution in [1.82, 2.24) is 0 Å². The molecule has 6 rings (SSSR count). The third-order valence-electron chi connectivity index (χ3n) is 12.5. The fourth-order valence-corrected chi connectivity index (χ4v) is 10.6. The lowest BCUT2D eigenvalue weighted by atomic mass is 9.44. The van der Waals surface area contributed by atoms with Crippen LogP contribution in [0.2, 0.25) is 13.1 Å². The molecule has 1 spiro atoms. The van der Waals surface area contributed by atoms with Crippen molar-refractivity contribution in [3.8, 4) is 0 Å². The molecule has 0 aromatic heterocycles. The molecular formula is C32H46O6Si. The van der Waals surface area contributed by atoms with E-state index in [4.69, 9.17) is 13.9 Å². The number of ether oxygens (including phenoxy) is 2. The van der Waals surface area contributed by atoms with Crippen LogP contribution in [0.25, 0.3) is 0 Å². The summed E-state index contributed by atoms with van der Waals surface area (Å²) in [5.74, 6) is 1.80. The highest BCUT2D eigenvalue weighted by molar-refractivity contribution is 6.76. The summed E-state index contributed by atoms with van der Waals surface area (Å²) in [6.45, 7) is 17.2. The van der Waals surface area contributed by atoms with E-state index in [1.165, 1.54) is 0 Å². The van der Waals surface area contributed by atoms with Gasteiger partial charge in [-0.25, -0.2) is 4.79 Å². The van der Waals surface area contributed by atoms with E-state index >= 15 is 0 Å². The van der Waals surface area contributed by atoms with Crippen LogP contribution in [-0.4, -0.2) is 55.7 Å². The average Bonchev–Trinajstić information content (AvgIpc) is 3.52. The molecule has 0 bridgehead atoms. The summed E-state index contributed by atoms with van der Waals surface area (Å²) in [7, 11) is -1.98. The highest BCUT2D eigenvalue weighted by atomic mass is 28.4.